The van der Waals surface area contributed by atoms with Gasteiger partial charge in [-0.3, -0.25) is 0 Å². The molecule has 0 spiro atoms. The molecule has 102 valence electrons. The van der Waals surface area contributed by atoms with Crippen molar-refractivity contribution < 1.29 is 12.9 Å². The van der Waals surface area contributed by atoms with Crippen LogP contribution < -0.4 is 5.73 Å². The molecule has 8 heteroatoms. The molecule has 3 rings (SSSR count). The van der Waals surface area contributed by atoms with E-state index in [-0.39, 0.29) is 17.4 Å². The molecule has 3 heterocycles. The molecular weight excluding hydrogens is 286 g/mol. The fourth-order valence-corrected chi connectivity index (χ4v) is 4.73. The van der Waals surface area contributed by atoms with Crippen molar-refractivity contribution in [3.63, 3.8) is 0 Å². The highest BCUT2D eigenvalue weighted by atomic mass is 32.2. The van der Waals surface area contributed by atoms with E-state index in [2.05, 4.69) is 10.1 Å². The Hall–Kier alpha value is -1.41. The van der Waals surface area contributed by atoms with E-state index >= 15 is 0 Å². The molecule has 0 radical (unpaired) electrons. The molecule has 1 unspecified atom stereocenters. The maximum atomic E-state index is 11.4. The number of nitrogen functional groups attached to an aromatic ring is 1. The molecule has 0 aromatic carbocycles. The van der Waals surface area contributed by atoms with E-state index in [1.807, 2.05) is 13.0 Å². The van der Waals surface area contributed by atoms with E-state index in [9.17, 15) is 8.42 Å². The number of nitrogens with zero attached hydrogens (tertiary/aromatic N) is 2. The summed E-state index contributed by atoms with van der Waals surface area (Å²) in [6.45, 7) is 1.95. The van der Waals surface area contributed by atoms with Crippen molar-refractivity contribution in [3.05, 3.63) is 16.8 Å². The summed E-state index contributed by atoms with van der Waals surface area (Å²) >= 11 is 1.46. The Labute approximate surface area is 114 Å². The van der Waals surface area contributed by atoms with Gasteiger partial charge in [-0.2, -0.15) is 4.98 Å². The first-order valence-corrected chi connectivity index (χ1v) is 8.49. The van der Waals surface area contributed by atoms with Gasteiger partial charge in [0.05, 0.1) is 22.1 Å². The topological polar surface area (TPSA) is 99.1 Å². The number of rotatable bonds is 2. The number of nitrogens with two attached hydrogens (primary N) is 1. The van der Waals surface area contributed by atoms with E-state index in [4.69, 9.17) is 10.3 Å². The third kappa shape index (κ3) is 2.37. The van der Waals surface area contributed by atoms with Crippen LogP contribution in [0.4, 0.5) is 5.00 Å². The Kier molecular flexibility index (Phi) is 2.86. The van der Waals surface area contributed by atoms with Crippen molar-refractivity contribution in [1.82, 2.24) is 10.1 Å². The molecule has 1 fully saturated rings. The zero-order valence-corrected chi connectivity index (χ0v) is 11.9. The van der Waals surface area contributed by atoms with Gasteiger partial charge in [0.2, 0.25) is 0 Å². The van der Waals surface area contributed by atoms with Gasteiger partial charge in [0.25, 0.3) is 5.89 Å². The summed E-state index contributed by atoms with van der Waals surface area (Å²) in [6, 6.07) is 1.89. The molecule has 0 amide bonds. The smallest absolute Gasteiger partial charge is 0.260 e. The Bertz CT molecular complexity index is 717. The quantitative estimate of drug-likeness (QED) is 0.904. The maximum absolute atomic E-state index is 11.4. The Balaban J connectivity index is 1.90. The van der Waals surface area contributed by atoms with Gasteiger partial charge in [0.1, 0.15) is 0 Å². The van der Waals surface area contributed by atoms with Gasteiger partial charge >= 0.3 is 0 Å². The molecule has 6 nitrogen and oxygen atoms in total. The van der Waals surface area contributed by atoms with Crippen molar-refractivity contribution in [2.75, 3.05) is 17.2 Å². The second-order valence-corrected chi connectivity index (χ2v) is 8.21. The van der Waals surface area contributed by atoms with E-state index in [1.165, 1.54) is 11.3 Å². The van der Waals surface area contributed by atoms with Crippen LogP contribution in [0.3, 0.4) is 0 Å². The number of aromatic nitrogens is 2. The lowest BCUT2D eigenvalue weighted by Crippen LogP contribution is -2.05. The summed E-state index contributed by atoms with van der Waals surface area (Å²) in [6.07, 6.45) is 0.555. The molecule has 1 atom stereocenters. The zero-order chi connectivity index (χ0) is 13.6. The highest BCUT2D eigenvalue weighted by Crippen LogP contribution is 2.34. The Morgan fingerprint density at radius 2 is 2.32 bits per heavy atom. The van der Waals surface area contributed by atoms with Gasteiger partial charge in [-0.05, 0) is 19.4 Å². The maximum Gasteiger partial charge on any atom is 0.260 e. The van der Waals surface area contributed by atoms with Gasteiger partial charge in [-0.15, -0.1) is 11.3 Å². The molecule has 0 bridgehead atoms. The second kappa shape index (κ2) is 4.31. The molecule has 0 aliphatic carbocycles. The third-order valence-corrected chi connectivity index (χ3v) is 5.80. The number of thiophene rings is 1. The number of aryl methyl sites for hydroxylation is 1. The van der Waals surface area contributed by atoms with Crippen molar-refractivity contribution >= 4 is 26.2 Å². The van der Waals surface area contributed by atoms with E-state index in [0.29, 0.717) is 23.1 Å². The van der Waals surface area contributed by atoms with Crippen molar-refractivity contribution in [3.8, 4) is 11.5 Å². The average molecular weight is 299 g/mol. The second-order valence-electron chi connectivity index (χ2n) is 4.69. The molecule has 2 aromatic rings. The zero-order valence-electron chi connectivity index (χ0n) is 10.3. The molecule has 1 saturated heterocycles. The van der Waals surface area contributed by atoms with Crippen LogP contribution in [0.25, 0.3) is 11.5 Å². The van der Waals surface area contributed by atoms with Gasteiger partial charge in [-0.1, -0.05) is 5.16 Å². The van der Waals surface area contributed by atoms with E-state index in [0.717, 1.165) is 10.4 Å². The molecule has 0 saturated carbocycles. The molecule has 19 heavy (non-hydrogen) atoms. The van der Waals surface area contributed by atoms with Crippen LogP contribution in [0, 0.1) is 6.92 Å². The molecule has 1 aliphatic rings. The van der Waals surface area contributed by atoms with Crippen LogP contribution in [-0.2, 0) is 9.84 Å². The molecule has 2 aromatic heterocycles. The minimum Gasteiger partial charge on any atom is -0.390 e. The molecule has 1 aliphatic heterocycles. The van der Waals surface area contributed by atoms with Crippen LogP contribution in [0.5, 0.6) is 0 Å². The minimum atomic E-state index is -2.95. The lowest BCUT2D eigenvalue weighted by molar-refractivity contribution is 0.418. The highest BCUT2D eigenvalue weighted by Gasteiger charge is 2.32. The minimum absolute atomic E-state index is 0.101. The van der Waals surface area contributed by atoms with Crippen LogP contribution in [0.1, 0.15) is 23.0 Å². The van der Waals surface area contributed by atoms with Crippen molar-refractivity contribution in [2.45, 2.75) is 19.3 Å². The summed E-state index contributed by atoms with van der Waals surface area (Å²) in [5, 5.41) is 4.52. The monoisotopic (exact) mass is 299 g/mol. The van der Waals surface area contributed by atoms with E-state index in [1.54, 1.807) is 0 Å². The summed E-state index contributed by atoms with van der Waals surface area (Å²) < 4.78 is 28.1. The largest absolute Gasteiger partial charge is 0.390 e. The third-order valence-electron chi connectivity index (χ3n) is 3.15. The van der Waals surface area contributed by atoms with Crippen molar-refractivity contribution in [1.29, 1.82) is 0 Å². The summed E-state index contributed by atoms with van der Waals surface area (Å²) in [5.41, 5.74) is 6.60. The summed E-state index contributed by atoms with van der Waals surface area (Å²) in [4.78, 5) is 5.35. The van der Waals surface area contributed by atoms with Crippen LogP contribution in [0.2, 0.25) is 0 Å². The standard InChI is InChI=1S/C11H13N3O3S2/c1-6-4-8(9(12)18-6)11-13-10(14-17-11)7-2-3-19(15,16)5-7/h4,7H,2-3,5,12H2,1H3. The first-order chi connectivity index (χ1) is 8.94. The Morgan fingerprint density at radius 3 is 2.89 bits per heavy atom. The lowest BCUT2D eigenvalue weighted by Gasteiger charge is -1.98. The number of hydrogen-bond donors (Lipinski definition) is 1. The SMILES string of the molecule is Cc1cc(-c2nc(C3CCS(=O)(=O)C3)no2)c(N)s1. The summed E-state index contributed by atoms with van der Waals surface area (Å²) in [5.74, 6) is 0.953. The first kappa shape index (κ1) is 12.6. The van der Waals surface area contributed by atoms with Crippen LogP contribution in [-0.4, -0.2) is 30.1 Å². The normalized spacial score (nSPS) is 21.8. The van der Waals surface area contributed by atoms with Gasteiger partial charge in [0, 0.05) is 10.8 Å². The van der Waals surface area contributed by atoms with Crippen LogP contribution >= 0.6 is 11.3 Å². The van der Waals surface area contributed by atoms with Gasteiger partial charge < -0.3 is 10.3 Å². The predicted molar refractivity (Wildman–Crippen MR) is 72.8 cm³/mol. The van der Waals surface area contributed by atoms with Crippen molar-refractivity contribution in [2.24, 2.45) is 0 Å². The summed E-state index contributed by atoms with van der Waals surface area (Å²) in [7, 11) is -2.95. The van der Waals surface area contributed by atoms with Gasteiger partial charge in [0.15, 0.2) is 15.7 Å². The fraction of sp³-hybridized carbons (Fsp3) is 0.455. The predicted octanol–water partition coefficient (Wildman–Crippen LogP) is 1.59. The highest BCUT2D eigenvalue weighted by molar-refractivity contribution is 7.91. The number of sulfone groups is 1. The number of anilines is 1. The molecule has 2 N–H and O–H groups in total. The Morgan fingerprint density at radius 1 is 1.53 bits per heavy atom. The first-order valence-electron chi connectivity index (χ1n) is 5.85. The van der Waals surface area contributed by atoms with Gasteiger partial charge in [-0.25, -0.2) is 8.42 Å². The lowest BCUT2D eigenvalue weighted by atomic mass is 10.1. The average Bonchev–Trinajstić information content (AvgIpc) is 2.97. The molecular formula is C11H13N3O3S2. The van der Waals surface area contributed by atoms with E-state index < -0.39 is 9.84 Å². The number of hydrogen-bond acceptors (Lipinski definition) is 7. The fourth-order valence-electron chi connectivity index (χ4n) is 2.21. The van der Waals surface area contributed by atoms with Crippen LogP contribution in [0.15, 0.2) is 10.6 Å².